The van der Waals surface area contributed by atoms with Crippen LogP contribution in [0.15, 0.2) is 47.4 Å². The van der Waals surface area contributed by atoms with Gasteiger partial charge < -0.3 is 5.32 Å². The Morgan fingerprint density at radius 1 is 1.18 bits per heavy atom. The fourth-order valence-corrected chi connectivity index (χ4v) is 2.05. The van der Waals surface area contributed by atoms with Crippen molar-refractivity contribution in [3.63, 3.8) is 0 Å². The van der Waals surface area contributed by atoms with Crippen LogP contribution >= 0.6 is 0 Å². The molecule has 0 fully saturated rings. The molecule has 1 amide bonds. The second kappa shape index (κ2) is 6.56. The lowest BCUT2D eigenvalue weighted by atomic mass is 9.87. The predicted octanol–water partition coefficient (Wildman–Crippen LogP) is 1.97. The van der Waals surface area contributed by atoms with E-state index in [1.54, 1.807) is 12.3 Å². The number of hydrogen-bond acceptors (Lipinski definition) is 3. The van der Waals surface area contributed by atoms with E-state index in [0.717, 1.165) is 0 Å². The Bertz CT molecular complexity index is 697. The van der Waals surface area contributed by atoms with Crippen molar-refractivity contribution < 1.29 is 4.79 Å². The molecule has 1 heterocycles. The number of carbonyl (C=O) groups is 1. The predicted molar refractivity (Wildman–Crippen MR) is 86.0 cm³/mol. The van der Waals surface area contributed by atoms with E-state index in [4.69, 9.17) is 0 Å². The monoisotopic (exact) mass is 299 g/mol. The first-order valence-electron chi connectivity index (χ1n) is 7.29. The Kier molecular flexibility index (Phi) is 4.75. The van der Waals surface area contributed by atoms with Crippen LogP contribution in [0.3, 0.4) is 0 Å². The van der Waals surface area contributed by atoms with E-state index in [-0.39, 0.29) is 16.9 Å². The third-order valence-electron chi connectivity index (χ3n) is 3.41. The molecule has 1 aromatic heterocycles. The average molecular weight is 299 g/mol. The molecule has 0 spiro atoms. The van der Waals surface area contributed by atoms with E-state index in [1.165, 1.54) is 16.3 Å². The lowest BCUT2D eigenvalue weighted by Gasteiger charge is -2.19. The summed E-state index contributed by atoms with van der Waals surface area (Å²) in [5.41, 5.74) is 1.69. The van der Waals surface area contributed by atoms with Gasteiger partial charge >= 0.3 is 0 Å². The Morgan fingerprint density at radius 2 is 1.86 bits per heavy atom. The minimum absolute atomic E-state index is 0.0646. The SMILES string of the molecule is CC(C)(C)c1ccc(C(=O)NCCn2ncccc2=O)cc1. The van der Waals surface area contributed by atoms with Crippen LogP contribution in [0.5, 0.6) is 0 Å². The zero-order valence-corrected chi connectivity index (χ0v) is 13.2. The number of benzene rings is 1. The van der Waals surface area contributed by atoms with Crippen molar-refractivity contribution in [3.8, 4) is 0 Å². The summed E-state index contributed by atoms with van der Waals surface area (Å²) in [7, 11) is 0. The smallest absolute Gasteiger partial charge is 0.266 e. The Morgan fingerprint density at radius 3 is 2.45 bits per heavy atom. The highest BCUT2D eigenvalue weighted by Crippen LogP contribution is 2.22. The summed E-state index contributed by atoms with van der Waals surface area (Å²) >= 11 is 0. The second-order valence-electron chi connectivity index (χ2n) is 6.17. The van der Waals surface area contributed by atoms with Gasteiger partial charge in [0.05, 0.1) is 6.54 Å². The Hall–Kier alpha value is -2.43. The van der Waals surface area contributed by atoms with Crippen molar-refractivity contribution >= 4 is 5.91 Å². The maximum atomic E-state index is 12.1. The quantitative estimate of drug-likeness (QED) is 0.939. The molecule has 0 aliphatic rings. The minimum atomic E-state index is -0.175. The zero-order valence-electron chi connectivity index (χ0n) is 13.2. The normalized spacial score (nSPS) is 11.2. The summed E-state index contributed by atoms with van der Waals surface area (Å²) in [4.78, 5) is 23.5. The lowest BCUT2D eigenvalue weighted by Crippen LogP contribution is -2.31. The van der Waals surface area contributed by atoms with Gasteiger partial charge in [0.25, 0.3) is 11.5 Å². The highest BCUT2D eigenvalue weighted by atomic mass is 16.1. The molecule has 0 saturated heterocycles. The molecule has 22 heavy (non-hydrogen) atoms. The maximum absolute atomic E-state index is 12.1. The molecule has 0 aliphatic heterocycles. The van der Waals surface area contributed by atoms with Crippen molar-refractivity contribution in [2.75, 3.05) is 6.54 Å². The average Bonchev–Trinajstić information content (AvgIpc) is 2.48. The third kappa shape index (κ3) is 4.04. The molecular weight excluding hydrogens is 278 g/mol. The van der Waals surface area contributed by atoms with Gasteiger partial charge in [-0.3, -0.25) is 9.59 Å². The van der Waals surface area contributed by atoms with Crippen molar-refractivity contribution in [3.05, 3.63) is 64.1 Å². The summed E-state index contributed by atoms with van der Waals surface area (Å²) in [5, 5.41) is 6.73. The van der Waals surface area contributed by atoms with Crippen LogP contribution in [0.25, 0.3) is 0 Å². The molecule has 0 saturated carbocycles. The van der Waals surface area contributed by atoms with Crippen LogP contribution < -0.4 is 10.9 Å². The van der Waals surface area contributed by atoms with E-state index in [2.05, 4.69) is 31.2 Å². The van der Waals surface area contributed by atoms with E-state index in [1.807, 2.05) is 24.3 Å². The number of nitrogens with one attached hydrogen (secondary N) is 1. The van der Waals surface area contributed by atoms with Crippen LogP contribution in [0.1, 0.15) is 36.7 Å². The molecule has 0 bridgehead atoms. The van der Waals surface area contributed by atoms with Gasteiger partial charge in [-0.1, -0.05) is 32.9 Å². The van der Waals surface area contributed by atoms with Crippen molar-refractivity contribution in [2.24, 2.45) is 0 Å². The van der Waals surface area contributed by atoms with Gasteiger partial charge in [-0.15, -0.1) is 0 Å². The third-order valence-corrected chi connectivity index (χ3v) is 3.41. The van der Waals surface area contributed by atoms with E-state index in [0.29, 0.717) is 18.7 Å². The Labute approximate surface area is 130 Å². The van der Waals surface area contributed by atoms with Gasteiger partial charge in [-0.25, -0.2) is 4.68 Å². The number of hydrogen-bond donors (Lipinski definition) is 1. The first-order chi connectivity index (χ1) is 10.4. The number of carbonyl (C=O) groups excluding carboxylic acids is 1. The number of nitrogens with zero attached hydrogens (tertiary/aromatic N) is 2. The second-order valence-corrected chi connectivity index (χ2v) is 6.17. The highest BCUT2D eigenvalue weighted by molar-refractivity contribution is 5.94. The molecule has 0 radical (unpaired) electrons. The summed E-state index contributed by atoms with van der Waals surface area (Å²) in [6.45, 7) is 7.11. The van der Waals surface area contributed by atoms with Gasteiger partial charge in [-0.05, 0) is 29.2 Å². The lowest BCUT2D eigenvalue weighted by molar-refractivity contribution is 0.0951. The maximum Gasteiger partial charge on any atom is 0.266 e. The number of amides is 1. The van der Waals surface area contributed by atoms with Crippen LogP contribution in [0.2, 0.25) is 0 Å². The van der Waals surface area contributed by atoms with Gasteiger partial charge in [0.15, 0.2) is 0 Å². The van der Waals surface area contributed by atoms with Crippen molar-refractivity contribution in [1.29, 1.82) is 0 Å². The number of aromatic nitrogens is 2. The molecule has 1 aromatic carbocycles. The molecular formula is C17H21N3O2. The van der Waals surface area contributed by atoms with E-state index in [9.17, 15) is 9.59 Å². The molecule has 2 rings (SSSR count). The summed E-state index contributed by atoms with van der Waals surface area (Å²) in [5.74, 6) is -0.149. The van der Waals surface area contributed by atoms with E-state index < -0.39 is 0 Å². The van der Waals surface area contributed by atoms with Crippen LogP contribution in [0.4, 0.5) is 0 Å². The van der Waals surface area contributed by atoms with Crippen LogP contribution in [-0.4, -0.2) is 22.2 Å². The fraction of sp³-hybridized carbons (Fsp3) is 0.353. The van der Waals surface area contributed by atoms with Gasteiger partial charge in [0.1, 0.15) is 0 Å². The fourth-order valence-electron chi connectivity index (χ4n) is 2.05. The van der Waals surface area contributed by atoms with Gasteiger partial charge in [0, 0.05) is 24.4 Å². The minimum Gasteiger partial charge on any atom is -0.350 e. The molecule has 0 atom stereocenters. The van der Waals surface area contributed by atoms with Gasteiger partial charge in [-0.2, -0.15) is 5.10 Å². The molecule has 5 nitrogen and oxygen atoms in total. The standard InChI is InChI=1S/C17H21N3O2/c1-17(2,3)14-8-6-13(7-9-14)16(22)18-11-12-20-15(21)5-4-10-19-20/h4-10H,11-12H2,1-3H3,(H,18,22). The zero-order chi connectivity index (χ0) is 16.2. The first-order valence-corrected chi connectivity index (χ1v) is 7.29. The summed E-state index contributed by atoms with van der Waals surface area (Å²) in [6, 6.07) is 10.6. The number of rotatable bonds is 4. The molecule has 5 heteroatoms. The Balaban J connectivity index is 1.93. The first kappa shape index (κ1) is 15.9. The molecule has 1 N–H and O–H groups in total. The summed E-state index contributed by atoms with van der Waals surface area (Å²) < 4.78 is 1.32. The summed E-state index contributed by atoms with van der Waals surface area (Å²) in [6.07, 6.45) is 1.55. The van der Waals surface area contributed by atoms with Crippen molar-refractivity contribution in [1.82, 2.24) is 15.1 Å². The van der Waals surface area contributed by atoms with E-state index >= 15 is 0 Å². The molecule has 0 aliphatic carbocycles. The van der Waals surface area contributed by atoms with Crippen LogP contribution in [0, 0.1) is 0 Å². The molecule has 2 aromatic rings. The highest BCUT2D eigenvalue weighted by Gasteiger charge is 2.14. The van der Waals surface area contributed by atoms with Gasteiger partial charge in [0.2, 0.25) is 0 Å². The molecule has 116 valence electrons. The topological polar surface area (TPSA) is 64.0 Å². The molecule has 0 unspecified atom stereocenters. The van der Waals surface area contributed by atoms with Crippen LogP contribution in [-0.2, 0) is 12.0 Å². The van der Waals surface area contributed by atoms with Crippen molar-refractivity contribution in [2.45, 2.75) is 32.7 Å². The largest absolute Gasteiger partial charge is 0.350 e.